The van der Waals surface area contributed by atoms with E-state index in [0.29, 0.717) is 6.61 Å². The van der Waals surface area contributed by atoms with Crippen LogP contribution in [0, 0.1) is 0 Å². The summed E-state index contributed by atoms with van der Waals surface area (Å²) >= 11 is 0. The van der Waals surface area contributed by atoms with Gasteiger partial charge in [-0.2, -0.15) is 0 Å². The van der Waals surface area contributed by atoms with E-state index in [1.54, 1.807) is 0 Å². The lowest BCUT2D eigenvalue weighted by Crippen LogP contribution is -2.45. The van der Waals surface area contributed by atoms with Crippen molar-refractivity contribution in [2.45, 2.75) is 12.6 Å². The molecule has 25 heavy (non-hydrogen) atoms. The maximum atomic E-state index is 13.5. The highest BCUT2D eigenvalue weighted by molar-refractivity contribution is 5.85. The third-order valence-corrected chi connectivity index (χ3v) is 4.25. The van der Waals surface area contributed by atoms with Crippen molar-refractivity contribution in [1.29, 1.82) is 0 Å². The van der Waals surface area contributed by atoms with Crippen molar-refractivity contribution in [2.24, 2.45) is 0 Å². The van der Waals surface area contributed by atoms with Gasteiger partial charge in [0.2, 0.25) is 0 Å². The highest BCUT2D eigenvalue weighted by Crippen LogP contribution is 2.24. The van der Waals surface area contributed by atoms with Crippen LogP contribution in [0.3, 0.4) is 0 Å². The Morgan fingerprint density at radius 2 is 1.60 bits per heavy atom. The summed E-state index contributed by atoms with van der Waals surface area (Å²) in [5.41, 5.74) is 2.15. The molecule has 1 N–H and O–H groups in total. The average molecular weight is 387 g/mol. The molecular weight excluding hydrogens is 362 g/mol. The molecule has 0 bridgehead atoms. The number of alkyl halides is 1. The molecular formula is C19H25Cl2FN2O. The quantitative estimate of drug-likeness (QED) is 0.810. The second kappa shape index (κ2) is 11.3. The lowest BCUT2D eigenvalue weighted by atomic mass is 10.1. The molecule has 0 aliphatic carbocycles. The Kier molecular flexibility index (Phi) is 9.83. The van der Waals surface area contributed by atoms with E-state index in [2.05, 4.69) is 10.2 Å². The molecule has 1 aliphatic rings. The average Bonchev–Trinajstić information content (AvgIpc) is 2.63. The van der Waals surface area contributed by atoms with Crippen LogP contribution >= 0.6 is 24.8 Å². The molecule has 1 atom stereocenters. The Morgan fingerprint density at radius 1 is 0.960 bits per heavy atom. The molecule has 138 valence electrons. The summed E-state index contributed by atoms with van der Waals surface area (Å²) < 4.78 is 19.3. The molecule has 6 heteroatoms. The molecule has 1 aliphatic heterocycles. The van der Waals surface area contributed by atoms with E-state index in [9.17, 15) is 4.39 Å². The van der Waals surface area contributed by atoms with E-state index < -0.39 is 0 Å². The molecule has 3 rings (SSSR count). The summed E-state index contributed by atoms with van der Waals surface area (Å²) in [5, 5.41) is 3.30. The van der Waals surface area contributed by atoms with Crippen LogP contribution in [0.2, 0.25) is 0 Å². The first-order valence-electron chi connectivity index (χ1n) is 8.14. The van der Waals surface area contributed by atoms with Gasteiger partial charge >= 0.3 is 0 Å². The van der Waals surface area contributed by atoms with Gasteiger partial charge in [0.25, 0.3) is 0 Å². The van der Waals surface area contributed by atoms with Gasteiger partial charge in [-0.3, -0.25) is 4.90 Å². The second-order valence-electron chi connectivity index (χ2n) is 5.80. The Labute approximate surface area is 161 Å². The molecule has 0 saturated carbocycles. The van der Waals surface area contributed by atoms with Crippen LogP contribution in [-0.4, -0.2) is 37.8 Å². The minimum atomic E-state index is -0.357. The van der Waals surface area contributed by atoms with Gasteiger partial charge in [-0.15, -0.1) is 24.8 Å². The van der Waals surface area contributed by atoms with Gasteiger partial charge in [0.05, 0.1) is 6.04 Å². The van der Waals surface area contributed by atoms with Gasteiger partial charge < -0.3 is 10.1 Å². The lowest BCUT2D eigenvalue weighted by Gasteiger charge is -2.33. The predicted octanol–water partition coefficient (Wildman–Crippen LogP) is 4.03. The van der Waals surface area contributed by atoms with Gasteiger partial charge in [0.1, 0.15) is 19.0 Å². The van der Waals surface area contributed by atoms with E-state index in [1.807, 2.05) is 54.6 Å². The monoisotopic (exact) mass is 386 g/mol. The summed E-state index contributed by atoms with van der Waals surface area (Å²) in [6.07, 6.45) is 0. The Balaban J connectivity index is 0.00000156. The first-order chi connectivity index (χ1) is 11.4. The molecule has 0 unspecified atom stereocenters. The molecule has 1 fully saturated rings. The van der Waals surface area contributed by atoms with Crippen molar-refractivity contribution >= 4 is 24.8 Å². The molecule has 1 heterocycles. The molecule has 2 aromatic rings. The minimum Gasteiger partial charge on any atom is -0.489 e. The first kappa shape index (κ1) is 21.7. The van der Waals surface area contributed by atoms with Crippen LogP contribution < -0.4 is 10.1 Å². The van der Waals surface area contributed by atoms with Gasteiger partial charge in [-0.1, -0.05) is 42.5 Å². The van der Waals surface area contributed by atoms with E-state index in [-0.39, 0.29) is 37.5 Å². The third-order valence-electron chi connectivity index (χ3n) is 4.25. The van der Waals surface area contributed by atoms with Crippen LogP contribution in [-0.2, 0) is 6.61 Å². The zero-order valence-corrected chi connectivity index (χ0v) is 15.7. The van der Waals surface area contributed by atoms with Crippen molar-refractivity contribution in [3.63, 3.8) is 0 Å². The van der Waals surface area contributed by atoms with E-state index in [0.717, 1.165) is 43.1 Å². The predicted molar refractivity (Wildman–Crippen MR) is 105 cm³/mol. The third kappa shape index (κ3) is 6.15. The number of ether oxygens (including phenoxy) is 1. The molecule has 0 aromatic heterocycles. The largest absolute Gasteiger partial charge is 0.489 e. The Hall–Kier alpha value is -1.33. The highest BCUT2D eigenvalue weighted by Gasteiger charge is 2.21. The molecule has 0 amide bonds. The summed E-state index contributed by atoms with van der Waals surface area (Å²) in [6, 6.07) is 17.7. The Morgan fingerprint density at radius 3 is 2.20 bits per heavy atom. The maximum absolute atomic E-state index is 13.5. The van der Waals surface area contributed by atoms with Gasteiger partial charge in [0.15, 0.2) is 0 Å². The standard InChI is InChI=1S/C19H23FN2O.2ClH/c20-14-19(22-12-10-21-11-13-22)17-6-8-18(9-7-17)23-15-16-4-2-1-3-5-16;;/h1-9,19,21H,10-15H2;2*1H/t19-;;/m0../s1. The topological polar surface area (TPSA) is 24.5 Å². The summed E-state index contributed by atoms with van der Waals surface area (Å²) in [5.74, 6) is 0.815. The zero-order chi connectivity index (χ0) is 15.9. The number of halogens is 3. The fourth-order valence-electron chi connectivity index (χ4n) is 2.92. The van der Waals surface area contributed by atoms with Gasteiger partial charge in [-0.25, -0.2) is 4.39 Å². The number of rotatable bonds is 6. The van der Waals surface area contributed by atoms with Crippen LogP contribution in [0.5, 0.6) is 5.75 Å². The minimum absolute atomic E-state index is 0. The molecule has 3 nitrogen and oxygen atoms in total. The first-order valence-corrected chi connectivity index (χ1v) is 8.14. The number of nitrogens with zero attached hydrogens (tertiary/aromatic N) is 1. The summed E-state index contributed by atoms with van der Waals surface area (Å²) in [6.45, 7) is 3.82. The Bertz CT molecular complexity index is 592. The number of nitrogens with one attached hydrogen (secondary N) is 1. The normalized spacial score (nSPS) is 15.6. The van der Waals surface area contributed by atoms with Crippen molar-refractivity contribution in [3.8, 4) is 5.75 Å². The van der Waals surface area contributed by atoms with Crippen molar-refractivity contribution in [3.05, 3.63) is 65.7 Å². The van der Waals surface area contributed by atoms with E-state index in [4.69, 9.17) is 4.74 Å². The SMILES string of the molecule is Cl.Cl.FC[C@@H](c1ccc(OCc2ccccc2)cc1)N1CCNCC1. The fourth-order valence-corrected chi connectivity index (χ4v) is 2.92. The van der Waals surface area contributed by atoms with Crippen molar-refractivity contribution in [1.82, 2.24) is 10.2 Å². The van der Waals surface area contributed by atoms with E-state index in [1.165, 1.54) is 0 Å². The molecule has 2 aromatic carbocycles. The van der Waals surface area contributed by atoms with Crippen molar-refractivity contribution in [2.75, 3.05) is 32.9 Å². The molecule has 0 spiro atoms. The zero-order valence-electron chi connectivity index (χ0n) is 14.1. The van der Waals surface area contributed by atoms with Crippen LogP contribution in [0.25, 0.3) is 0 Å². The van der Waals surface area contributed by atoms with Crippen LogP contribution in [0.1, 0.15) is 17.2 Å². The van der Waals surface area contributed by atoms with Crippen molar-refractivity contribution < 1.29 is 9.13 Å². The number of piperazine rings is 1. The highest BCUT2D eigenvalue weighted by atomic mass is 35.5. The molecule has 0 radical (unpaired) electrons. The number of benzene rings is 2. The van der Waals surface area contributed by atoms with Gasteiger partial charge in [0, 0.05) is 26.2 Å². The van der Waals surface area contributed by atoms with Crippen LogP contribution in [0.15, 0.2) is 54.6 Å². The number of hydrogen-bond acceptors (Lipinski definition) is 3. The maximum Gasteiger partial charge on any atom is 0.119 e. The van der Waals surface area contributed by atoms with Gasteiger partial charge in [-0.05, 0) is 23.3 Å². The van der Waals surface area contributed by atoms with E-state index >= 15 is 0 Å². The van der Waals surface area contributed by atoms with Crippen LogP contribution in [0.4, 0.5) is 4.39 Å². The summed E-state index contributed by atoms with van der Waals surface area (Å²) in [7, 11) is 0. The number of hydrogen-bond donors (Lipinski definition) is 1. The molecule has 1 saturated heterocycles. The lowest BCUT2D eigenvalue weighted by molar-refractivity contribution is 0.147. The fraction of sp³-hybridized carbons (Fsp3) is 0.368. The summed E-state index contributed by atoms with van der Waals surface area (Å²) in [4.78, 5) is 2.20. The smallest absolute Gasteiger partial charge is 0.119 e. The second-order valence-corrected chi connectivity index (χ2v) is 5.80.